The highest BCUT2D eigenvalue weighted by Gasteiger charge is 2.27. The number of ether oxygens (including phenoxy) is 1. The number of likely N-dealkylation sites (tertiary alicyclic amines) is 1. The fraction of sp³-hybridized carbons (Fsp3) is 0.500. The third kappa shape index (κ3) is 3.48. The highest BCUT2D eigenvalue weighted by atomic mass is 32.1. The maximum atomic E-state index is 12.9. The van der Waals surface area contributed by atoms with Crippen molar-refractivity contribution in [1.82, 2.24) is 15.2 Å². The van der Waals surface area contributed by atoms with Crippen molar-refractivity contribution in [3.05, 3.63) is 45.4 Å². The van der Waals surface area contributed by atoms with Gasteiger partial charge in [-0.15, -0.1) is 11.3 Å². The predicted octanol–water partition coefficient (Wildman–Crippen LogP) is 3.51. The van der Waals surface area contributed by atoms with Crippen LogP contribution in [0.3, 0.4) is 0 Å². The zero-order valence-corrected chi connectivity index (χ0v) is 16.1. The monoisotopic (exact) mass is 371 g/mol. The van der Waals surface area contributed by atoms with E-state index >= 15 is 0 Å². The fourth-order valence-corrected chi connectivity index (χ4v) is 4.98. The quantitative estimate of drug-likeness (QED) is 0.897. The molecule has 1 aromatic carbocycles. The van der Waals surface area contributed by atoms with Crippen molar-refractivity contribution in [3.63, 3.8) is 0 Å². The number of fused-ring (bicyclic) bond motifs is 1. The van der Waals surface area contributed by atoms with Crippen LogP contribution in [-0.4, -0.2) is 42.5 Å². The number of benzene rings is 1. The summed E-state index contributed by atoms with van der Waals surface area (Å²) < 4.78 is 5.69. The summed E-state index contributed by atoms with van der Waals surface area (Å²) in [6.07, 6.45) is 3.15. The average Bonchev–Trinajstić information content (AvgIpc) is 3.04. The van der Waals surface area contributed by atoms with Crippen molar-refractivity contribution in [2.45, 2.75) is 38.1 Å². The first-order valence-electron chi connectivity index (χ1n) is 9.30. The van der Waals surface area contributed by atoms with E-state index in [4.69, 9.17) is 9.72 Å². The number of hydrogen-bond acceptors (Lipinski definition) is 5. The minimum atomic E-state index is -0.0166. The van der Waals surface area contributed by atoms with Crippen molar-refractivity contribution < 1.29 is 9.53 Å². The third-order valence-corrected chi connectivity index (χ3v) is 6.58. The lowest BCUT2D eigenvalue weighted by atomic mass is 9.99. The van der Waals surface area contributed by atoms with E-state index in [2.05, 4.69) is 17.3 Å². The molecule has 0 aliphatic carbocycles. The molecule has 3 heterocycles. The van der Waals surface area contributed by atoms with Gasteiger partial charge in [0.2, 0.25) is 0 Å². The number of thiazole rings is 1. The molecule has 138 valence electrons. The van der Waals surface area contributed by atoms with Crippen LogP contribution in [0.1, 0.15) is 57.2 Å². The number of hydrogen-bond donors (Lipinski definition) is 1. The number of piperidine rings is 1. The average molecular weight is 372 g/mol. The number of amides is 1. The van der Waals surface area contributed by atoms with Crippen LogP contribution < -0.4 is 10.1 Å². The molecular weight excluding hydrogens is 346 g/mol. The lowest BCUT2D eigenvalue weighted by Crippen LogP contribution is -2.32. The Morgan fingerprint density at radius 2 is 2.19 bits per heavy atom. The molecule has 0 saturated carbocycles. The first-order valence-corrected chi connectivity index (χ1v) is 10.1. The van der Waals surface area contributed by atoms with Crippen molar-refractivity contribution in [1.29, 1.82) is 0 Å². The maximum absolute atomic E-state index is 12.9. The van der Waals surface area contributed by atoms with Gasteiger partial charge in [0.25, 0.3) is 5.91 Å². The van der Waals surface area contributed by atoms with Crippen LogP contribution >= 0.6 is 11.3 Å². The molecule has 0 bridgehead atoms. The second kappa shape index (κ2) is 7.37. The van der Waals surface area contributed by atoms with Crippen molar-refractivity contribution in [2.24, 2.45) is 0 Å². The van der Waals surface area contributed by atoms with Crippen LogP contribution in [0.15, 0.2) is 24.3 Å². The van der Waals surface area contributed by atoms with Gasteiger partial charge in [-0.05, 0) is 39.4 Å². The molecule has 5 nitrogen and oxygen atoms in total. The van der Waals surface area contributed by atoms with Crippen LogP contribution in [0.2, 0.25) is 0 Å². The van der Waals surface area contributed by atoms with E-state index in [-0.39, 0.29) is 11.9 Å². The van der Waals surface area contributed by atoms with Crippen LogP contribution in [0.5, 0.6) is 5.75 Å². The van der Waals surface area contributed by atoms with Gasteiger partial charge in [0, 0.05) is 24.4 Å². The molecule has 2 atom stereocenters. The summed E-state index contributed by atoms with van der Waals surface area (Å²) >= 11 is 1.56. The lowest BCUT2D eigenvalue weighted by molar-refractivity contribution is 0.0928. The summed E-state index contributed by atoms with van der Waals surface area (Å²) in [5, 5.41) is 4.30. The molecule has 26 heavy (non-hydrogen) atoms. The van der Waals surface area contributed by atoms with E-state index in [9.17, 15) is 4.79 Å². The molecule has 1 amide bonds. The smallest absolute Gasteiger partial charge is 0.263 e. The molecule has 0 radical (unpaired) electrons. The molecule has 1 N–H and O–H groups in total. The van der Waals surface area contributed by atoms with E-state index in [0.717, 1.165) is 52.8 Å². The molecule has 1 fully saturated rings. The molecule has 0 spiro atoms. The molecule has 4 rings (SSSR count). The second-order valence-corrected chi connectivity index (χ2v) is 8.30. The van der Waals surface area contributed by atoms with Gasteiger partial charge < -0.3 is 15.0 Å². The highest BCUT2D eigenvalue weighted by molar-refractivity contribution is 7.13. The van der Waals surface area contributed by atoms with Crippen LogP contribution in [0, 0.1) is 6.92 Å². The maximum Gasteiger partial charge on any atom is 0.263 e. The van der Waals surface area contributed by atoms with Crippen LogP contribution in [-0.2, 0) is 0 Å². The Labute approximate surface area is 158 Å². The molecule has 6 heteroatoms. The number of carbonyl (C=O) groups is 1. The highest BCUT2D eigenvalue weighted by Crippen LogP contribution is 2.34. The van der Waals surface area contributed by atoms with E-state index in [1.165, 1.54) is 6.42 Å². The number of para-hydroxylation sites is 1. The van der Waals surface area contributed by atoms with Gasteiger partial charge in [0.05, 0.1) is 23.4 Å². The van der Waals surface area contributed by atoms with Gasteiger partial charge in [-0.1, -0.05) is 18.2 Å². The molecular formula is C20H25N3O2S. The van der Waals surface area contributed by atoms with Crippen molar-refractivity contribution in [3.8, 4) is 5.75 Å². The summed E-state index contributed by atoms with van der Waals surface area (Å²) in [4.78, 5) is 20.7. The van der Waals surface area contributed by atoms with Gasteiger partial charge in [0.1, 0.15) is 10.6 Å². The Morgan fingerprint density at radius 3 is 3.04 bits per heavy atom. The van der Waals surface area contributed by atoms with Gasteiger partial charge in [-0.3, -0.25) is 4.79 Å². The number of nitrogens with one attached hydrogen (secondary N) is 1. The van der Waals surface area contributed by atoms with E-state index < -0.39 is 0 Å². The number of rotatable bonds is 3. The number of aromatic nitrogens is 1. The minimum absolute atomic E-state index is 0.00165. The molecule has 2 unspecified atom stereocenters. The fourth-order valence-electron chi connectivity index (χ4n) is 3.89. The predicted molar refractivity (Wildman–Crippen MR) is 103 cm³/mol. The van der Waals surface area contributed by atoms with Gasteiger partial charge in [0.15, 0.2) is 0 Å². The van der Waals surface area contributed by atoms with Crippen LogP contribution in [0.25, 0.3) is 0 Å². The third-order valence-electron chi connectivity index (χ3n) is 5.26. The Morgan fingerprint density at radius 1 is 1.35 bits per heavy atom. The molecule has 1 saturated heterocycles. The largest absolute Gasteiger partial charge is 0.493 e. The lowest BCUT2D eigenvalue weighted by Gasteiger charge is -2.28. The molecule has 2 aromatic rings. The summed E-state index contributed by atoms with van der Waals surface area (Å²) in [7, 11) is 2.16. The second-order valence-electron chi connectivity index (χ2n) is 7.27. The molecule has 2 aliphatic rings. The van der Waals surface area contributed by atoms with Gasteiger partial charge in [-0.25, -0.2) is 4.98 Å². The molecule has 2 aliphatic heterocycles. The van der Waals surface area contributed by atoms with E-state index in [0.29, 0.717) is 12.5 Å². The first kappa shape index (κ1) is 17.5. The summed E-state index contributed by atoms with van der Waals surface area (Å²) in [6, 6.07) is 7.94. The first-order chi connectivity index (χ1) is 12.6. The summed E-state index contributed by atoms with van der Waals surface area (Å²) in [5.41, 5.74) is 1.90. The van der Waals surface area contributed by atoms with Gasteiger partial charge in [-0.2, -0.15) is 0 Å². The standard InChI is InChI=1S/C20H25N3O2S/c1-13-18(26-20(21-13)14-6-5-10-23(2)12-14)19(24)22-16-9-11-25-17-8-4-3-7-15(16)17/h3-4,7-8,14,16H,5-6,9-12H2,1-2H3,(H,22,24). The molecule has 1 aromatic heterocycles. The zero-order valence-electron chi connectivity index (χ0n) is 15.3. The normalized spacial score (nSPS) is 23.2. The number of likely N-dealkylation sites (N-methyl/N-ethyl adjacent to an activating group) is 1. The summed E-state index contributed by atoms with van der Waals surface area (Å²) in [5.74, 6) is 1.30. The zero-order chi connectivity index (χ0) is 18.1. The minimum Gasteiger partial charge on any atom is -0.493 e. The Kier molecular flexibility index (Phi) is 4.96. The van der Waals surface area contributed by atoms with Gasteiger partial charge >= 0.3 is 0 Å². The number of carbonyl (C=O) groups excluding carboxylic acids is 1. The van der Waals surface area contributed by atoms with Crippen LogP contribution in [0.4, 0.5) is 0 Å². The Hall–Kier alpha value is -1.92. The summed E-state index contributed by atoms with van der Waals surface area (Å²) in [6.45, 7) is 4.75. The van der Waals surface area contributed by atoms with E-state index in [1.54, 1.807) is 11.3 Å². The Balaban J connectivity index is 1.51. The topological polar surface area (TPSA) is 54.5 Å². The number of aryl methyl sites for hydroxylation is 1. The number of nitrogens with zero attached hydrogens (tertiary/aromatic N) is 2. The van der Waals surface area contributed by atoms with Crippen molar-refractivity contribution >= 4 is 17.2 Å². The Bertz CT molecular complexity index is 804. The van der Waals surface area contributed by atoms with E-state index in [1.807, 2.05) is 31.2 Å². The SMILES string of the molecule is Cc1nc(C2CCCN(C)C2)sc1C(=O)NC1CCOc2ccccc21. The van der Waals surface area contributed by atoms with Crippen molar-refractivity contribution in [2.75, 3.05) is 26.7 Å².